The summed E-state index contributed by atoms with van der Waals surface area (Å²) >= 11 is 0. The predicted molar refractivity (Wildman–Crippen MR) is 54.4 cm³/mol. The van der Waals surface area contributed by atoms with E-state index in [-0.39, 0.29) is 18.5 Å². The van der Waals surface area contributed by atoms with Crippen LogP contribution in [0.15, 0.2) is 0 Å². The molecule has 1 heterocycles. The van der Waals surface area contributed by atoms with Crippen LogP contribution in [-0.4, -0.2) is 41.8 Å². The van der Waals surface area contributed by atoms with Gasteiger partial charge in [-0.1, -0.05) is 0 Å². The zero-order chi connectivity index (χ0) is 10.8. The summed E-state index contributed by atoms with van der Waals surface area (Å²) in [5, 5.41) is 8.85. The first-order chi connectivity index (χ1) is 7.20. The van der Waals surface area contributed by atoms with Crippen LogP contribution in [0, 0.1) is 11.8 Å². The zero-order valence-electron chi connectivity index (χ0n) is 8.86. The monoisotopic (exact) mass is 215 g/mol. The molecule has 0 bridgehead atoms. The van der Waals surface area contributed by atoms with Crippen LogP contribution in [0.25, 0.3) is 0 Å². The quantitative estimate of drug-likeness (QED) is 0.776. The van der Waals surface area contributed by atoms with Crippen molar-refractivity contribution in [1.82, 2.24) is 4.90 Å². The molecule has 0 unspecified atom stereocenters. The summed E-state index contributed by atoms with van der Waals surface area (Å²) < 4.78 is 12.2. The fraction of sp³-hybridized carbons (Fsp3) is 0.909. The topological polar surface area (TPSA) is 40.5 Å². The number of aliphatic carboxylic acids is 1. The molecule has 3 nitrogen and oxygen atoms in total. The van der Waals surface area contributed by atoms with E-state index in [1.807, 2.05) is 0 Å². The summed E-state index contributed by atoms with van der Waals surface area (Å²) in [4.78, 5) is 13.1. The first-order valence-corrected chi connectivity index (χ1v) is 5.73. The molecule has 0 spiro atoms. The van der Waals surface area contributed by atoms with Crippen LogP contribution in [0.5, 0.6) is 0 Å². The lowest BCUT2D eigenvalue weighted by Crippen LogP contribution is -2.53. The van der Waals surface area contributed by atoms with E-state index in [0.29, 0.717) is 6.04 Å². The van der Waals surface area contributed by atoms with Crippen molar-refractivity contribution >= 4 is 5.97 Å². The van der Waals surface area contributed by atoms with Gasteiger partial charge in [-0.05, 0) is 25.7 Å². The van der Waals surface area contributed by atoms with Crippen molar-refractivity contribution in [3.05, 3.63) is 0 Å². The number of carbonyl (C=O) groups is 1. The number of rotatable bonds is 3. The van der Waals surface area contributed by atoms with Crippen LogP contribution >= 0.6 is 0 Å². The van der Waals surface area contributed by atoms with Gasteiger partial charge >= 0.3 is 5.97 Å². The first kappa shape index (κ1) is 10.9. The van der Waals surface area contributed by atoms with E-state index in [4.69, 9.17) is 5.11 Å². The lowest BCUT2D eigenvalue weighted by Gasteiger charge is -2.45. The number of carboxylic acid groups (broad SMARTS) is 1. The molecule has 86 valence electrons. The Hall–Kier alpha value is -0.640. The number of hydrogen-bond donors (Lipinski definition) is 1. The molecule has 0 aromatic rings. The van der Waals surface area contributed by atoms with Crippen molar-refractivity contribution in [2.24, 2.45) is 11.8 Å². The first-order valence-electron chi connectivity index (χ1n) is 5.73. The molecule has 1 saturated carbocycles. The highest BCUT2D eigenvalue weighted by atomic mass is 19.1. The summed E-state index contributed by atoms with van der Waals surface area (Å²) in [5.74, 6) is -0.555. The van der Waals surface area contributed by atoms with Crippen molar-refractivity contribution in [1.29, 1.82) is 0 Å². The maximum atomic E-state index is 12.2. The Morgan fingerprint density at radius 3 is 2.33 bits per heavy atom. The van der Waals surface area contributed by atoms with Crippen molar-refractivity contribution < 1.29 is 14.3 Å². The molecule has 15 heavy (non-hydrogen) atoms. The number of likely N-dealkylation sites (tertiary alicyclic amines) is 1. The Labute approximate surface area is 89.3 Å². The second kappa shape index (κ2) is 4.47. The molecule has 2 rings (SSSR count). The van der Waals surface area contributed by atoms with Crippen LogP contribution in [0.1, 0.15) is 25.7 Å². The van der Waals surface area contributed by atoms with E-state index in [1.54, 1.807) is 0 Å². The SMILES string of the molecule is O=C(O)C1CCC(N2CC(CF)C2)CC1. The van der Waals surface area contributed by atoms with Crippen LogP contribution in [-0.2, 0) is 4.79 Å². The van der Waals surface area contributed by atoms with Crippen LogP contribution in [0.3, 0.4) is 0 Å². The third-order valence-corrected chi connectivity index (χ3v) is 3.77. The minimum Gasteiger partial charge on any atom is -0.481 e. The van der Waals surface area contributed by atoms with Gasteiger partial charge in [-0.3, -0.25) is 14.1 Å². The van der Waals surface area contributed by atoms with Crippen molar-refractivity contribution in [2.45, 2.75) is 31.7 Å². The molecule has 0 radical (unpaired) electrons. The molecule has 2 fully saturated rings. The van der Waals surface area contributed by atoms with Gasteiger partial charge in [0.05, 0.1) is 12.6 Å². The Kier molecular flexibility index (Phi) is 3.24. The van der Waals surface area contributed by atoms with E-state index < -0.39 is 5.97 Å². The number of alkyl halides is 1. The minimum absolute atomic E-state index is 0.139. The minimum atomic E-state index is -0.654. The van der Waals surface area contributed by atoms with Crippen molar-refractivity contribution in [3.63, 3.8) is 0 Å². The Balaban J connectivity index is 1.73. The smallest absolute Gasteiger partial charge is 0.306 e. The highest BCUT2D eigenvalue weighted by Gasteiger charge is 2.35. The fourth-order valence-electron chi connectivity index (χ4n) is 2.69. The lowest BCUT2D eigenvalue weighted by molar-refractivity contribution is -0.143. The van der Waals surface area contributed by atoms with Gasteiger partial charge in [0, 0.05) is 25.0 Å². The average Bonchev–Trinajstić information content (AvgIpc) is 2.17. The van der Waals surface area contributed by atoms with Crippen molar-refractivity contribution in [3.8, 4) is 0 Å². The molecule has 4 heteroatoms. The highest BCUT2D eigenvalue weighted by molar-refractivity contribution is 5.70. The molecule has 0 aromatic carbocycles. The van der Waals surface area contributed by atoms with Crippen molar-refractivity contribution in [2.75, 3.05) is 19.8 Å². The number of halogens is 1. The summed E-state index contributed by atoms with van der Waals surface area (Å²) in [6.45, 7) is 1.54. The van der Waals surface area contributed by atoms with Gasteiger partial charge < -0.3 is 5.11 Å². The van der Waals surface area contributed by atoms with Gasteiger partial charge in [0.25, 0.3) is 0 Å². The van der Waals surface area contributed by atoms with Crippen LogP contribution < -0.4 is 0 Å². The van der Waals surface area contributed by atoms with E-state index in [2.05, 4.69) is 4.90 Å². The maximum Gasteiger partial charge on any atom is 0.306 e. The normalized spacial score (nSPS) is 33.7. The maximum absolute atomic E-state index is 12.2. The average molecular weight is 215 g/mol. The fourth-order valence-corrected chi connectivity index (χ4v) is 2.69. The van der Waals surface area contributed by atoms with E-state index >= 15 is 0 Å². The molecule has 1 N–H and O–H groups in total. The van der Waals surface area contributed by atoms with Gasteiger partial charge in [-0.15, -0.1) is 0 Å². The van der Waals surface area contributed by atoms with Gasteiger partial charge in [-0.25, -0.2) is 0 Å². The lowest BCUT2D eigenvalue weighted by atomic mass is 9.83. The highest BCUT2D eigenvalue weighted by Crippen LogP contribution is 2.31. The summed E-state index contributed by atoms with van der Waals surface area (Å²) in [5.41, 5.74) is 0. The second-order valence-corrected chi connectivity index (χ2v) is 4.82. The molecule has 2 aliphatic rings. The molecule has 1 saturated heterocycles. The standard InChI is InChI=1S/C11H18FNO2/c12-5-8-6-13(7-8)10-3-1-9(2-4-10)11(14)15/h8-10H,1-7H2,(H,14,15). The third kappa shape index (κ3) is 2.30. The Morgan fingerprint density at radius 2 is 1.87 bits per heavy atom. The van der Waals surface area contributed by atoms with E-state index in [1.165, 1.54) is 0 Å². The summed E-state index contributed by atoms with van der Waals surface area (Å²) in [6, 6.07) is 0.517. The number of hydrogen-bond acceptors (Lipinski definition) is 2. The number of nitrogens with zero attached hydrogens (tertiary/aromatic N) is 1. The van der Waals surface area contributed by atoms with Gasteiger partial charge in [0.1, 0.15) is 0 Å². The Morgan fingerprint density at radius 1 is 1.27 bits per heavy atom. The molecule has 0 aromatic heterocycles. The number of carboxylic acids is 1. The zero-order valence-corrected chi connectivity index (χ0v) is 8.86. The molecule has 0 atom stereocenters. The predicted octanol–water partition coefficient (Wildman–Crippen LogP) is 1.53. The molecule has 0 amide bonds. The third-order valence-electron chi connectivity index (χ3n) is 3.77. The molecular formula is C11H18FNO2. The molecule has 1 aliphatic carbocycles. The summed E-state index contributed by atoms with van der Waals surface area (Å²) in [6.07, 6.45) is 3.51. The van der Waals surface area contributed by atoms with Crippen LogP contribution in [0.2, 0.25) is 0 Å². The van der Waals surface area contributed by atoms with Gasteiger partial charge in [-0.2, -0.15) is 0 Å². The molecule has 1 aliphatic heterocycles. The Bertz CT molecular complexity index is 233. The van der Waals surface area contributed by atoms with Gasteiger partial charge in [0.15, 0.2) is 0 Å². The van der Waals surface area contributed by atoms with Crippen LogP contribution in [0.4, 0.5) is 4.39 Å². The summed E-state index contributed by atoms with van der Waals surface area (Å²) in [7, 11) is 0. The van der Waals surface area contributed by atoms with E-state index in [9.17, 15) is 9.18 Å². The van der Waals surface area contributed by atoms with E-state index in [0.717, 1.165) is 38.8 Å². The second-order valence-electron chi connectivity index (χ2n) is 4.82. The van der Waals surface area contributed by atoms with Gasteiger partial charge in [0.2, 0.25) is 0 Å². The molecular weight excluding hydrogens is 197 g/mol. The largest absolute Gasteiger partial charge is 0.481 e.